The lowest BCUT2D eigenvalue weighted by atomic mass is 10.2. The second-order valence-electron chi connectivity index (χ2n) is 4.84. The van der Waals surface area contributed by atoms with Crippen molar-refractivity contribution in [1.29, 1.82) is 0 Å². The molecule has 0 aliphatic rings. The molecule has 0 spiro atoms. The average molecular weight is 303 g/mol. The van der Waals surface area contributed by atoms with Crippen molar-refractivity contribution in [2.75, 3.05) is 13.7 Å². The molecule has 2 aromatic rings. The van der Waals surface area contributed by atoms with Gasteiger partial charge in [-0.15, -0.1) is 0 Å². The topological polar surface area (TPSA) is 47.6 Å². The minimum Gasteiger partial charge on any atom is -0.497 e. The van der Waals surface area contributed by atoms with Crippen LogP contribution in [-0.2, 0) is 0 Å². The Morgan fingerprint density at radius 1 is 1.14 bits per heavy atom. The van der Waals surface area contributed by atoms with E-state index in [1.807, 2.05) is 0 Å². The van der Waals surface area contributed by atoms with Gasteiger partial charge in [0.2, 0.25) is 0 Å². The summed E-state index contributed by atoms with van der Waals surface area (Å²) in [6.45, 7) is 2.08. The molecule has 0 aliphatic heterocycles. The van der Waals surface area contributed by atoms with Crippen LogP contribution in [0, 0.1) is 5.82 Å². The Labute approximate surface area is 128 Å². The van der Waals surface area contributed by atoms with E-state index < -0.39 is 11.7 Å². The maximum Gasteiger partial charge on any atom is 0.254 e. The van der Waals surface area contributed by atoms with Crippen molar-refractivity contribution in [3.63, 3.8) is 0 Å². The maximum atomic E-state index is 13.5. The summed E-state index contributed by atoms with van der Waals surface area (Å²) in [5.41, 5.74) is 0.0267. The van der Waals surface area contributed by atoms with Crippen LogP contribution in [0.4, 0.5) is 4.39 Å². The molecule has 0 aromatic heterocycles. The van der Waals surface area contributed by atoms with Gasteiger partial charge in [-0.05, 0) is 43.3 Å². The molecule has 2 rings (SSSR count). The fourth-order valence-electron chi connectivity index (χ4n) is 1.88. The van der Waals surface area contributed by atoms with Crippen molar-refractivity contribution < 1.29 is 18.7 Å². The second-order valence-corrected chi connectivity index (χ2v) is 4.84. The fraction of sp³-hybridized carbons (Fsp3) is 0.235. The predicted octanol–water partition coefficient (Wildman–Crippen LogP) is 3.03. The number of carbonyl (C=O) groups excluding carboxylic acids is 1. The highest BCUT2D eigenvalue weighted by atomic mass is 19.1. The molecular weight excluding hydrogens is 285 g/mol. The summed E-state index contributed by atoms with van der Waals surface area (Å²) in [5.74, 6) is 0.424. The Morgan fingerprint density at radius 3 is 2.41 bits per heavy atom. The number of ether oxygens (including phenoxy) is 2. The van der Waals surface area contributed by atoms with Crippen LogP contribution in [0.25, 0.3) is 0 Å². The number of methoxy groups -OCH3 is 1. The Balaban J connectivity index is 1.86. The first-order valence-electron chi connectivity index (χ1n) is 6.92. The molecule has 0 unspecified atom stereocenters. The van der Waals surface area contributed by atoms with Crippen LogP contribution in [0.1, 0.15) is 17.3 Å². The quantitative estimate of drug-likeness (QED) is 0.892. The van der Waals surface area contributed by atoms with Gasteiger partial charge in [0.1, 0.15) is 23.9 Å². The summed E-state index contributed by atoms with van der Waals surface area (Å²) in [4.78, 5) is 11.9. The number of nitrogens with one attached hydrogen (secondary N) is 1. The van der Waals surface area contributed by atoms with E-state index in [0.717, 1.165) is 5.75 Å². The molecule has 4 nitrogen and oxygen atoms in total. The summed E-state index contributed by atoms with van der Waals surface area (Å²) in [7, 11) is 1.59. The summed E-state index contributed by atoms with van der Waals surface area (Å²) < 4.78 is 24.1. The van der Waals surface area contributed by atoms with Crippen LogP contribution in [0.3, 0.4) is 0 Å². The first kappa shape index (κ1) is 15.8. The highest BCUT2D eigenvalue weighted by Crippen LogP contribution is 2.17. The first-order valence-corrected chi connectivity index (χ1v) is 6.92. The Kier molecular flexibility index (Phi) is 5.36. The molecule has 2 aromatic carbocycles. The number of halogens is 1. The zero-order valence-electron chi connectivity index (χ0n) is 12.5. The summed E-state index contributed by atoms with van der Waals surface area (Å²) >= 11 is 0. The van der Waals surface area contributed by atoms with E-state index in [1.165, 1.54) is 12.1 Å². The van der Waals surface area contributed by atoms with Gasteiger partial charge < -0.3 is 14.8 Å². The zero-order chi connectivity index (χ0) is 15.9. The first-order chi connectivity index (χ1) is 10.6. The van der Waals surface area contributed by atoms with Gasteiger partial charge in [-0.25, -0.2) is 4.39 Å². The largest absolute Gasteiger partial charge is 0.497 e. The van der Waals surface area contributed by atoms with E-state index in [2.05, 4.69) is 5.32 Å². The van der Waals surface area contributed by atoms with Gasteiger partial charge in [0, 0.05) is 0 Å². The molecule has 0 bridgehead atoms. The summed E-state index contributed by atoms with van der Waals surface area (Å²) in [6.07, 6.45) is 0. The van der Waals surface area contributed by atoms with Crippen LogP contribution < -0.4 is 14.8 Å². The maximum absolute atomic E-state index is 13.5. The molecule has 0 heterocycles. The zero-order valence-corrected chi connectivity index (χ0v) is 12.5. The third kappa shape index (κ3) is 4.22. The van der Waals surface area contributed by atoms with E-state index in [0.29, 0.717) is 5.75 Å². The normalized spacial score (nSPS) is 11.6. The molecule has 116 valence electrons. The highest BCUT2D eigenvalue weighted by Gasteiger charge is 2.13. The minimum atomic E-state index is -0.539. The molecule has 1 amide bonds. The lowest BCUT2D eigenvalue weighted by Crippen LogP contribution is -2.37. The van der Waals surface area contributed by atoms with Gasteiger partial charge >= 0.3 is 0 Å². The smallest absolute Gasteiger partial charge is 0.254 e. The van der Waals surface area contributed by atoms with Crippen LogP contribution in [0.2, 0.25) is 0 Å². The van der Waals surface area contributed by atoms with E-state index in [4.69, 9.17) is 9.47 Å². The predicted molar refractivity (Wildman–Crippen MR) is 81.8 cm³/mol. The fourth-order valence-corrected chi connectivity index (χ4v) is 1.88. The van der Waals surface area contributed by atoms with Crippen LogP contribution in [0.5, 0.6) is 11.5 Å². The molecule has 1 N–H and O–H groups in total. The third-order valence-corrected chi connectivity index (χ3v) is 3.06. The van der Waals surface area contributed by atoms with Gasteiger partial charge in [-0.1, -0.05) is 12.1 Å². The average Bonchev–Trinajstić information content (AvgIpc) is 2.53. The molecule has 0 saturated carbocycles. The van der Waals surface area contributed by atoms with Crippen LogP contribution in [0.15, 0.2) is 48.5 Å². The Morgan fingerprint density at radius 2 is 1.77 bits per heavy atom. The third-order valence-electron chi connectivity index (χ3n) is 3.06. The van der Waals surface area contributed by atoms with Gasteiger partial charge in [-0.2, -0.15) is 0 Å². The van der Waals surface area contributed by atoms with Gasteiger partial charge in [0.05, 0.1) is 18.7 Å². The molecule has 0 saturated heterocycles. The van der Waals surface area contributed by atoms with Crippen molar-refractivity contribution in [3.8, 4) is 11.5 Å². The lowest BCUT2D eigenvalue weighted by molar-refractivity contribution is 0.0922. The van der Waals surface area contributed by atoms with E-state index in [1.54, 1.807) is 50.4 Å². The molecule has 0 fully saturated rings. The van der Waals surface area contributed by atoms with Crippen molar-refractivity contribution in [2.24, 2.45) is 0 Å². The molecule has 5 heteroatoms. The number of amides is 1. The monoisotopic (exact) mass is 303 g/mol. The molecule has 0 radical (unpaired) electrons. The number of benzene rings is 2. The number of carbonyl (C=O) groups is 1. The summed E-state index contributed by atoms with van der Waals surface area (Å²) in [5, 5.41) is 2.70. The van der Waals surface area contributed by atoms with Gasteiger partial charge in [-0.3, -0.25) is 4.79 Å². The Bertz CT molecular complexity index is 628. The van der Waals surface area contributed by atoms with Crippen LogP contribution >= 0.6 is 0 Å². The second kappa shape index (κ2) is 7.45. The van der Waals surface area contributed by atoms with Crippen molar-refractivity contribution in [1.82, 2.24) is 5.32 Å². The highest BCUT2D eigenvalue weighted by molar-refractivity contribution is 5.94. The minimum absolute atomic E-state index is 0.0267. The molecular formula is C17H18FNO3. The van der Waals surface area contributed by atoms with E-state index in [9.17, 15) is 9.18 Å². The summed E-state index contributed by atoms with van der Waals surface area (Å²) in [6, 6.07) is 12.8. The van der Waals surface area contributed by atoms with E-state index >= 15 is 0 Å². The molecule has 22 heavy (non-hydrogen) atoms. The van der Waals surface area contributed by atoms with Crippen molar-refractivity contribution >= 4 is 5.91 Å². The standard InChI is InChI=1S/C17H18FNO3/c1-12(11-22-14-9-7-13(21-2)8-10-14)19-17(20)15-5-3-4-6-16(15)18/h3-10,12H,11H2,1-2H3,(H,19,20)/t12-/m1/s1. The van der Waals surface area contributed by atoms with Crippen LogP contribution in [-0.4, -0.2) is 25.7 Å². The SMILES string of the molecule is COc1ccc(OC[C@@H](C)NC(=O)c2ccccc2F)cc1. The molecule has 1 atom stereocenters. The number of rotatable bonds is 6. The van der Waals surface area contributed by atoms with E-state index in [-0.39, 0.29) is 18.2 Å². The Hall–Kier alpha value is -2.56. The van der Waals surface area contributed by atoms with Crippen molar-refractivity contribution in [3.05, 3.63) is 59.9 Å². The van der Waals surface area contributed by atoms with Gasteiger partial charge in [0.15, 0.2) is 0 Å². The van der Waals surface area contributed by atoms with Crippen molar-refractivity contribution in [2.45, 2.75) is 13.0 Å². The lowest BCUT2D eigenvalue weighted by Gasteiger charge is -2.15. The molecule has 0 aliphatic carbocycles. The number of hydrogen-bond donors (Lipinski definition) is 1. The number of hydrogen-bond acceptors (Lipinski definition) is 3. The van der Waals surface area contributed by atoms with Gasteiger partial charge in [0.25, 0.3) is 5.91 Å².